The third-order valence-electron chi connectivity index (χ3n) is 3.46. The Labute approximate surface area is 185 Å². The first kappa shape index (κ1) is 23.7. The fourth-order valence-corrected chi connectivity index (χ4v) is 2.52. The molecule has 0 fully saturated rings. The zero-order valence-electron chi connectivity index (χ0n) is 18.0. The first-order valence-electron chi connectivity index (χ1n) is 9.43. The predicted molar refractivity (Wildman–Crippen MR) is 118 cm³/mol. The second-order valence-corrected chi connectivity index (χ2v) is 9.55. The lowest BCUT2D eigenvalue weighted by Crippen LogP contribution is -2.31. The molecule has 160 valence electrons. The van der Waals surface area contributed by atoms with Gasteiger partial charge in [-0.2, -0.15) is 4.99 Å². The summed E-state index contributed by atoms with van der Waals surface area (Å²) in [4.78, 5) is 37.2. The molecule has 30 heavy (non-hydrogen) atoms. The molecule has 1 aromatic carbocycles. The van der Waals surface area contributed by atoms with E-state index in [1.54, 1.807) is 53.9 Å². The van der Waals surface area contributed by atoms with Gasteiger partial charge in [-0.25, -0.2) is 19.6 Å². The fourth-order valence-electron chi connectivity index (χ4n) is 2.32. The summed E-state index contributed by atoms with van der Waals surface area (Å²) < 4.78 is 11.4. The second kappa shape index (κ2) is 9.47. The molecule has 0 saturated heterocycles. The van der Waals surface area contributed by atoms with Gasteiger partial charge in [0.15, 0.2) is 5.82 Å². The van der Waals surface area contributed by atoms with Gasteiger partial charge >= 0.3 is 12.1 Å². The van der Waals surface area contributed by atoms with Crippen LogP contribution in [0, 0.1) is 0 Å². The quantitative estimate of drug-likeness (QED) is 0.447. The molecule has 0 radical (unpaired) electrons. The van der Waals surface area contributed by atoms with Crippen LogP contribution in [0.4, 0.5) is 4.79 Å². The van der Waals surface area contributed by atoms with Crippen LogP contribution < -0.4 is 0 Å². The third-order valence-corrected chi connectivity index (χ3v) is 3.87. The molecule has 0 spiro atoms. The van der Waals surface area contributed by atoms with Crippen molar-refractivity contribution in [1.29, 1.82) is 0 Å². The summed E-state index contributed by atoms with van der Waals surface area (Å²) in [5.41, 5.74) is 0.158. The zero-order chi connectivity index (χ0) is 22.5. The standard InChI is InChI=1S/C22H26BrN3O4/c1-21(2,3)29-19(27)17(26-20(28)30-22(4,5)6)11-14-7-9-15(10-8-14)18-24-12-16(23)13-25-18/h7-10,12-13H,11H2,1-6H3. The fraction of sp³-hybridized carbons (Fsp3) is 0.409. The predicted octanol–water partition coefficient (Wildman–Crippen LogP) is 5.17. The van der Waals surface area contributed by atoms with Crippen LogP contribution in [0.15, 0.2) is 46.1 Å². The number of amides is 1. The molecule has 2 aromatic rings. The molecule has 0 atom stereocenters. The van der Waals surface area contributed by atoms with Crippen LogP contribution in [0.1, 0.15) is 47.1 Å². The van der Waals surface area contributed by atoms with E-state index in [4.69, 9.17) is 9.47 Å². The highest BCUT2D eigenvalue weighted by Crippen LogP contribution is 2.18. The Morgan fingerprint density at radius 3 is 1.97 bits per heavy atom. The number of ether oxygens (including phenoxy) is 2. The van der Waals surface area contributed by atoms with E-state index in [9.17, 15) is 9.59 Å². The van der Waals surface area contributed by atoms with Crippen LogP contribution in [-0.4, -0.2) is 38.9 Å². The van der Waals surface area contributed by atoms with E-state index in [1.807, 2.05) is 24.3 Å². The van der Waals surface area contributed by atoms with Gasteiger partial charge in [0, 0.05) is 24.4 Å². The smallest absolute Gasteiger partial charge is 0.434 e. The van der Waals surface area contributed by atoms with E-state index in [-0.39, 0.29) is 12.1 Å². The maximum Gasteiger partial charge on any atom is 0.434 e. The number of aliphatic imine (C=N–C) groups is 1. The van der Waals surface area contributed by atoms with Crippen molar-refractivity contribution in [1.82, 2.24) is 9.97 Å². The van der Waals surface area contributed by atoms with E-state index < -0.39 is 23.3 Å². The minimum atomic E-state index is -0.830. The lowest BCUT2D eigenvalue weighted by molar-refractivity contribution is -0.146. The van der Waals surface area contributed by atoms with Gasteiger partial charge in [-0.05, 0) is 63.0 Å². The summed E-state index contributed by atoms with van der Waals surface area (Å²) in [6.45, 7) is 10.5. The Morgan fingerprint density at radius 1 is 0.933 bits per heavy atom. The van der Waals surface area contributed by atoms with Gasteiger partial charge in [-0.15, -0.1) is 0 Å². The summed E-state index contributed by atoms with van der Waals surface area (Å²) in [5.74, 6) is -0.0757. The van der Waals surface area contributed by atoms with Crippen LogP contribution in [0.25, 0.3) is 11.4 Å². The van der Waals surface area contributed by atoms with E-state index in [0.29, 0.717) is 5.82 Å². The monoisotopic (exact) mass is 475 g/mol. The number of carbonyl (C=O) groups is 2. The number of carbonyl (C=O) groups excluding carboxylic acids is 2. The van der Waals surface area contributed by atoms with E-state index in [2.05, 4.69) is 30.9 Å². The molecular weight excluding hydrogens is 450 g/mol. The summed E-state index contributed by atoms with van der Waals surface area (Å²) in [7, 11) is 0. The van der Waals surface area contributed by atoms with Crippen molar-refractivity contribution in [2.24, 2.45) is 4.99 Å². The van der Waals surface area contributed by atoms with Crippen LogP contribution in [0.3, 0.4) is 0 Å². The molecule has 0 bridgehead atoms. The molecule has 0 saturated carbocycles. The Morgan fingerprint density at radius 2 is 1.47 bits per heavy atom. The highest BCUT2D eigenvalue weighted by molar-refractivity contribution is 9.10. The average Bonchev–Trinajstić information content (AvgIpc) is 2.59. The molecule has 7 nitrogen and oxygen atoms in total. The van der Waals surface area contributed by atoms with Crippen LogP contribution in [-0.2, 0) is 20.7 Å². The molecular formula is C22H26BrN3O4. The van der Waals surface area contributed by atoms with E-state index in [0.717, 1.165) is 15.6 Å². The topological polar surface area (TPSA) is 90.7 Å². The minimum Gasteiger partial charge on any atom is -0.455 e. The number of esters is 1. The first-order valence-corrected chi connectivity index (χ1v) is 10.2. The SMILES string of the molecule is CC(C)(C)OC(=O)N=C(Cc1ccc(-c2ncc(Br)cn2)cc1)C(=O)OC(C)(C)C. The van der Waals surface area contributed by atoms with Crippen molar-refractivity contribution < 1.29 is 19.1 Å². The van der Waals surface area contributed by atoms with Crippen molar-refractivity contribution in [2.45, 2.75) is 59.2 Å². The van der Waals surface area contributed by atoms with Crippen LogP contribution in [0.5, 0.6) is 0 Å². The van der Waals surface area contributed by atoms with Gasteiger partial charge in [-0.3, -0.25) is 0 Å². The van der Waals surface area contributed by atoms with Crippen molar-refractivity contribution in [3.05, 3.63) is 46.7 Å². The number of aromatic nitrogens is 2. The molecule has 0 aliphatic carbocycles. The Bertz CT molecular complexity index is 925. The van der Waals surface area contributed by atoms with Crippen molar-refractivity contribution >= 4 is 33.7 Å². The van der Waals surface area contributed by atoms with E-state index in [1.165, 1.54) is 0 Å². The molecule has 0 unspecified atom stereocenters. The second-order valence-electron chi connectivity index (χ2n) is 8.64. The maximum atomic E-state index is 12.6. The van der Waals surface area contributed by atoms with Gasteiger partial charge in [0.05, 0.1) is 4.47 Å². The number of rotatable bonds is 4. The maximum absolute atomic E-state index is 12.6. The molecule has 1 amide bonds. The van der Waals surface area contributed by atoms with Gasteiger partial charge in [0.2, 0.25) is 0 Å². The Kier molecular flexibility index (Phi) is 7.47. The minimum absolute atomic E-state index is 0.0215. The average molecular weight is 476 g/mol. The van der Waals surface area contributed by atoms with Crippen molar-refractivity contribution in [3.8, 4) is 11.4 Å². The Hall–Kier alpha value is -2.61. The van der Waals surface area contributed by atoms with Crippen molar-refractivity contribution in [2.75, 3.05) is 0 Å². The summed E-state index contributed by atoms with van der Waals surface area (Å²) >= 11 is 3.31. The number of hydrogen-bond donors (Lipinski definition) is 0. The van der Waals surface area contributed by atoms with E-state index >= 15 is 0 Å². The molecule has 8 heteroatoms. The van der Waals surface area contributed by atoms with Crippen LogP contribution in [0.2, 0.25) is 0 Å². The Balaban J connectivity index is 2.25. The first-order chi connectivity index (χ1) is 13.8. The number of nitrogens with zero attached hydrogens (tertiary/aromatic N) is 3. The molecule has 0 aliphatic rings. The zero-order valence-corrected chi connectivity index (χ0v) is 19.6. The number of hydrogen-bond acceptors (Lipinski definition) is 6. The van der Waals surface area contributed by atoms with Gasteiger partial charge in [0.25, 0.3) is 0 Å². The highest BCUT2D eigenvalue weighted by atomic mass is 79.9. The molecule has 0 N–H and O–H groups in total. The number of benzene rings is 1. The molecule has 1 aromatic heterocycles. The molecule has 0 aliphatic heterocycles. The number of halogens is 1. The lowest BCUT2D eigenvalue weighted by Gasteiger charge is -2.21. The van der Waals surface area contributed by atoms with Crippen LogP contribution >= 0.6 is 15.9 Å². The summed E-state index contributed by atoms with van der Waals surface area (Å²) in [6.07, 6.45) is 2.63. The third kappa shape index (κ3) is 8.02. The molecule has 1 heterocycles. The van der Waals surface area contributed by atoms with Gasteiger partial charge < -0.3 is 9.47 Å². The van der Waals surface area contributed by atoms with Gasteiger partial charge in [0.1, 0.15) is 16.9 Å². The largest absolute Gasteiger partial charge is 0.455 e. The summed E-state index contributed by atoms with van der Waals surface area (Å²) in [6, 6.07) is 7.35. The lowest BCUT2D eigenvalue weighted by atomic mass is 10.1. The summed E-state index contributed by atoms with van der Waals surface area (Å²) in [5, 5.41) is 0. The van der Waals surface area contributed by atoms with Gasteiger partial charge in [-0.1, -0.05) is 24.3 Å². The normalized spacial score (nSPS) is 12.4. The highest BCUT2D eigenvalue weighted by Gasteiger charge is 2.24. The van der Waals surface area contributed by atoms with Crippen molar-refractivity contribution in [3.63, 3.8) is 0 Å². The molecule has 2 rings (SSSR count).